The van der Waals surface area contributed by atoms with Gasteiger partial charge in [-0.25, -0.2) is 18.4 Å². The van der Waals surface area contributed by atoms with Crippen molar-refractivity contribution in [1.29, 1.82) is 0 Å². The van der Waals surface area contributed by atoms with Crippen molar-refractivity contribution in [3.63, 3.8) is 0 Å². The van der Waals surface area contributed by atoms with Crippen LogP contribution in [0.2, 0.25) is 0 Å². The number of carbonyl (C=O) groups excluding carboxylic acids is 2. The number of hydrogen-bond acceptors (Lipinski definition) is 6. The molecule has 180 valence electrons. The topological polar surface area (TPSA) is 73.9 Å². The highest BCUT2D eigenvalue weighted by Gasteiger charge is 2.40. The van der Waals surface area contributed by atoms with Gasteiger partial charge in [0.2, 0.25) is 0 Å². The van der Waals surface area contributed by atoms with Gasteiger partial charge in [-0.3, -0.25) is 0 Å². The lowest BCUT2D eigenvalue weighted by atomic mass is 9.80. The molecule has 2 aliphatic rings. The summed E-state index contributed by atoms with van der Waals surface area (Å²) in [6.07, 6.45) is 5.35. The van der Waals surface area contributed by atoms with E-state index in [9.17, 15) is 18.4 Å². The third kappa shape index (κ3) is 5.79. The lowest BCUT2D eigenvalue weighted by molar-refractivity contribution is -0.141. The summed E-state index contributed by atoms with van der Waals surface area (Å²) in [5.74, 6) is -4.48. The Morgan fingerprint density at radius 1 is 0.970 bits per heavy atom. The minimum Gasteiger partial charge on any atom is -0.462 e. The molecule has 33 heavy (non-hydrogen) atoms. The summed E-state index contributed by atoms with van der Waals surface area (Å²) >= 11 is 0. The van der Waals surface area contributed by atoms with E-state index in [1.165, 1.54) is 25.7 Å². The van der Waals surface area contributed by atoms with Crippen molar-refractivity contribution >= 4 is 11.9 Å². The number of allylic oxidation sites excluding steroid dienone is 2. The monoisotopic (exact) mass is 463 g/mol. The van der Waals surface area contributed by atoms with E-state index < -0.39 is 29.5 Å². The van der Waals surface area contributed by atoms with Crippen molar-refractivity contribution in [2.75, 3.05) is 26.9 Å². The minimum absolute atomic E-state index is 0.0192. The molecule has 0 aromatic heterocycles. The Morgan fingerprint density at radius 3 is 2.24 bits per heavy atom. The molecule has 0 amide bonds. The summed E-state index contributed by atoms with van der Waals surface area (Å²) in [6.45, 7) is 3.69. The van der Waals surface area contributed by atoms with E-state index in [1.54, 1.807) is 13.8 Å². The molecule has 1 aromatic rings. The van der Waals surface area contributed by atoms with E-state index in [0.717, 1.165) is 31.7 Å². The van der Waals surface area contributed by atoms with Crippen LogP contribution in [0, 0.1) is 17.6 Å². The molecule has 1 N–H and O–H groups in total. The molecule has 0 saturated heterocycles. The van der Waals surface area contributed by atoms with Gasteiger partial charge < -0.3 is 19.5 Å². The minimum atomic E-state index is -1.17. The van der Waals surface area contributed by atoms with Gasteiger partial charge >= 0.3 is 11.9 Å². The molecule has 0 bridgehead atoms. The fourth-order valence-corrected chi connectivity index (χ4v) is 4.51. The number of dihydropyridines is 1. The molecule has 1 unspecified atom stereocenters. The highest BCUT2D eigenvalue weighted by Crippen LogP contribution is 2.40. The summed E-state index contributed by atoms with van der Waals surface area (Å²) in [5, 5.41) is 3.01. The molecule has 1 aromatic carbocycles. The van der Waals surface area contributed by atoms with Crippen molar-refractivity contribution in [2.45, 2.75) is 51.9 Å². The van der Waals surface area contributed by atoms with Crippen molar-refractivity contribution in [3.8, 4) is 0 Å². The van der Waals surface area contributed by atoms with Gasteiger partial charge in [0.1, 0.15) is 6.61 Å². The maximum Gasteiger partial charge on any atom is 0.336 e. The number of nitrogens with one attached hydrogen (secondary N) is 1. The number of ether oxygens (including phenoxy) is 3. The summed E-state index contributed by atoms with van der Waals surface area (Å²) in [6, 6.07) is 3.70. The number of carbonyl (C=O) groups is 2. The largest absolute Gasteiger partial charge is 0.462 e. The molecule has 0 radical (unpaired) electrons. The lowest BCUT2D eigenvalue weighted by Crippen LogP contribution is -2.33. The van der Waals surface area contributed by atoms with Crippen LogP contribution < -0.4 is 5.32 Å². The van der Waals surface area contributed by atoms with Crippen LogP contribution in [0.1, 0.15) is 57.4 Å². The molecule has 1 aliphatic heterocycles. The number of rotatable bonds is 8. The molecule has 1 fully saturated rings. The Kier molecular flexibility index (Phi) is 8.61. The SMILES string of the molecule is COCCOC(=O)C1=C(C)NC(C)=C(C(=O)OCC2CCCCC2)C1c1cccc(F)c1F. The third-order valence-electron chi connectivity index (χ3n) is 6.19. The Balaban J connectivity index is 1.96. The Bertz CT molecular complexity index is 950. The highest BCUT2D eigenvalue weighted by molar-refractivity contribution is 5.99. The van der Waals surface area contributed by atoms with Crippen LogP contribution in [-0.4, -0.2) is 38.9 Å². The number of esters is 2. The first-order valence-electron chi connectivity index (χ1n) is 11.3. The van der Waals surface area contributed by atoms with E-state index in [1.807, 2.05) is 0 Å². The first-order valence-corrected chi connectivity index (χ1v) is 11.3. The van der Waals surface area contributed by atoms with E-state index in [0.29, 0.717) is 11.4 Å². The molecule has 1 heterocycles. The summed E-state index contributed by atoms with van der Waals surface area (Å²) in [5.41, 5.74) is 0.791. The van der Waals surface area contributed by atoms with Gasteiger partial charge in [0.15, 0.2) is 11.6 Å². The molecule has 3 rings (SSSR count). The second kappa shape index (κ2) is 11.4. The molecule has 1 saturated carbocycles. The number of methoxy groups -OCH3 is 1. The number of halogens is 2. The van der Waals surface area contributed by atoms with Gasteiger partial charge in [-0.2, -0.15) is 0 Å². The maximum absolute atomic E-state index is 14.9. The van der Waals surface area contributed by atoms with Crippen LogP contribution in [0.15, 0.2) is 40.7 Å². The lowest BCUT2D eigenvalue weighted by Gasteiger charge is -2.31. The van der Waals surface area contributed by atoms with Gasteiger partial charge in [0.05, 0.1) is 30.3 Å². The number of hydrogen-bond donors (Lipinski definition) is 1. The van der Waals surface area contributed by atoms with Crippen LogP contribution in [0.5, 0.6) is 0 Å². The molecule has 0 spiro atoms. The first-order chi connectivity index (χ1) is 15.8. The fraction of sp³-hybridized carbons (Fsp3) is 0.520. The predicted octanol–water partition coefficient (Wildman–Crippen LogP) is 4.51. The third-order valence-corrected chi connectivity index (χ3v) is 6.19. The van der Waals surface area contributed by atoms with Gasteiger partial charge in [-0.1, -0.05) is 31.4 Å². The molecule has 6 nitrogen and oxygen atoms in total. The van der Waals surface area contributed by atoms with Crippen molar-refractivity contribution in [1.82, 2.24) is 5.32 Å². The van der Waals surface area contributed by atoms with Crippen LogP contribution >= 0.6 is 0 Å². The average molecular weight is 464 g/mol. The van der Waals surface area contributed by atoms with Crippen molar-refractivity contribution in [3.05, 3.63) is 57.9 Å². The maximum atomic E-state index is 14.9. The smallest absolute Gasteiger partial charge is 0.336 e. The zero-order chi connectivity index (χ0) is 24.0. The second-order valence-corrected chi connectivity index (χ2v) is 8.51. The molecular formula is C25H31F2NO5. The molecule has 1 atom stereocenters. The van der Waals surface area contributed by atoms with Gasteiger partial charge in [-0.05, 0) is 38.7 Å². The van der Waals surface area contributed by atoms with Crippen molar-refractivity contribution in [2.24, 2.45) is 5.92 Å². The summed E-state index contributed by atoms with van der Waals surface area (Å²) in [4.78, 5) is 26.2. The zero-order valence-corrected chi connectivity index (χ0v) is 19.3. The van der Waals surface area contributed by atoms with Crippen LogP contribution in [0.3, 0.4) is 0 Å². The highest BCUT2D eigenvalue weighted by atomic mass is 19.2. The van der Waals surface area contributed by atoms with Gasteiger partial charge in [0.25, 0.3) is 0 Å². The second-order valence-electron chi connectivity index (χ2n) is 8.51. The number of benzene rings is 1. The van der Waals surface area contributed by atoms with E-state index in [2.05, 4.69) is 5.32 Å². The Morgan fingerprint density at radius 2 is 1.61 bits per heavy atom. The Labute approximate surface area is 193 Å². The normalized spacial score (nSPS) is 19.4. The standard InChI is InChI=1S/C25H31F2NO5/c1-15-20(24(29)32-13-12-31-3)22(18-10-7-11-19(26)23(18)27)21(16(2)28-15)25(30)33-14-17-8-5-4-6-9-17/h7,10-11,17,22,28H,4-6,8-9,12-14H2,1-3H3. The molecule has 8 heteroatoms. The van der Waals surface area contributed by atoms with Gasteiger partial charge in [-0.15, -0.1) is 0 Å². The fourth-order valence-electron chi connectivity index (χ4n) is 4.51. The molecule has 1 aliphatic carbocycles. The predicted molar refractivity (Wildman–Crippen MR) is 118 cm³/mol. The molecular weight excluding hydrogens is 432 g/mol. The van der Waals surface area contributed by atoms with Crippen LogP contribution in [0.4, 0.5) is 8.78 Å². The Hall–Kier alpha value is -2.74. The van der Waals surface area contributed by atoms with Crippen LogP contribution in [0.25, 0.3) is 0 Å². The van der Waals surface area contributed by atoms with E-state index >= 15 is 0 Å². The average Bonchev–Trinajstić information content (AvgIpc) is 2.79. The van der Waals surface area contributed by atoms with Gasteiger partial charge in [0, 0.05) is 24.1 Å². The van der Waals surface area contributed by atoms with Crippen molar-refractivity contribution < 1.29 is 32.6 Å². The quantitative estimate of drug-likeness (QED) is 0.452. The first kappa shape index (κ1) is 24.9. The van der Waals surface area contributed by atoms with E-state index in [-0.39, 0.29) is 42.4 Å². The summed E-state index contributed by atoms with van der Waals surface area (Å²) < 4.78 is 44.9. The van der Waals surface area contributed by atoms with Crippen LogP contribution in [-0.2, 0) is 23.8 Å². The van der Waals surface area contributed by atoms with E-state index in [4.69, 9.17) is 14.2 Å². The summed E-state index contributed by atoms with van der Waals surface area (Å²) in [7, 11) is 1.47. The zero-order valence-electron chi connectivity index (χ0n) is 19.3.